The van der Waals surface area contributed by atoms with E-state index in [2.05, 4.69) is 35.0 Å². The average molecular weight is 351 g/mol. The molecule has 4 rings (SSSR count). The lowest BCUT2D eigenvalue weighted by Gasteiger charge is -2.25. The van der Waals surface area contributed by atoms with Gasteiger partial charge in [-0.25, -0.2) is 4.98 Å². The van der Waals surface area contributed by atoms with E-state index < -0.39 is 0 Å². The van der Waals surface area contributed by atoms with Gasteiger partial charge in [0.1, 0.15) is 5.75 Å². The van der Waals surface area contributed by atoms with Crippen LogP contribution in [0.4, 0.5) is 0 Å². The molecule has 2 aromatic rings. The van der Waals surface area contributed by atoms with Crippen LogP contribution >= 0.6 is 0 Å². The third-order valence-corrected chi connectivity index (χ3v) is 5.61. The molecule has 5 nitrogen and oxygen atoms in total. The van der Waals surface area contributed by atoms with E-state index in [1.165, 1.54) is 23.1 Å². The van der Waals surface area contributed by atoms with Crippen LogP contribution in [0.2, 0.25) is 0 Å². The summed E-state index contributed by atoms with van der Waals surface area (Å²) in [6.45, 7) is 5.20. The second-order valence-electron chi connectivity index (χ2n) is 7.26. The number of oxime groups is 1. The van der Waals surface area contributed by atoms with Gasteiger partial charge in [0.2, 0.25) is 5.88 Å². The number of fused-ring (bicyclic) bond motifs is 1. The minimum Gasteiger partial charge on any atom is -0.438 e. The number of rotatable bonds is 3. The number of hydrogen-bond acceptors (Lipinski definition) is 4. The third kappa shape index (κ3) is 2.91. The predicted octanol–water partition coefficient (Wildman–Crippen LogP) is 4.29. The second kappa shape index (κ2) is 6.98. The topological polar surface area (TPSA) is 58.0 Å². The summed E-state index contributed by atoms with van der Waals surface area (Å²) in [4.78, 5) is 6.57. The first-order valence-corrected chi connectivity index (χ1v) is 9.42. The first-order chi connectivity index (χ1) is 12.7. The summed E-state index contributed by atoms with van der Waals surface area (Å²) in [5, 5.41) is 13.3. The van der Waals surface area contributed by atoms with Crippen molar-refractivity contribution in [3.63, 3.8) is 0 Å². The zero-order valence-electron chi connectivity index (χ0n) is 15.4. The van der Waals surface area contributed by atoms with E-state index in [1.807, 2.05) is 18.2 Å². The molecular weight excluding hydrogens is 326 g/mol. The van der Waals surface area contributed by atoms with Gasteiger partial charge in [0.25, 0.3) is 0 Å². The predicted molar refractivity (Wildman–Crippen MR) is 101 cm³/mol. The standard InChI is InChI=1S/C21H25N3O2/c1-14-10-11-19(17-8-3-7-16(14)17)26-21-18(9-4-12-22-21)20(23-25)24-13-5-6-15(24)2/h4,9-12,15,25H,3,5-8,13H2,1-2H3/b23-20-. The fourth-order valence-corrected chi connectivity index (χ4v) is 4.21. The van der Waals surface area contributed by atoms with Crippen molar-refractivity contribution >= 4 is 5.84 Å². The van der Waals surface area contributed by atoms with E-state index in [-0.39, 0.29) is 0 Å². The molecular formula is C21H25N3O2. The van der Waals surface area contributed by atoms with Gasteiger partial charge in [0.05, 0.1) is 5.56 Å². The molecule has 1 N–H and O–H groups in total. The number of hydrogen-bond donors (Lipinski definition) is 1. The Hall–Kier alpha value is -2.56. The van der Waals surface area contributed by atoms with Crippen LogP contribution in [-0.2, 0) is 12.8 Å². The van der Waals surface area contributed by atoms with E-state index in [1.54, 1.807) is 6.20 Å². The van der Waals surface area contributed by atoms with Crippen molar-refractivity contribution in [1.29, 1.82) is 0 Å². The maximum atomic E-state index is 9.70. The second-order valence-corrected chi connectivity index (χ2v) is 7.26. The summed E-state index contributed by atoms with van der Waals surface area (Å²) < 4.78 is 6.26. The van der Waals surface area contributed by atoms with Gasteiger partial charge in [-0.3, -0.25) is 0 Å². The minimum atomic E-state index is 0.345. The van der Waals surface area contributed by atoms with Gasteiger partial charge in [-0.15, -0.1) is 0 Å². The molecule has 0 spiro atoms. The molecule has 1 saturated heterocycles. The van der Waals surface area contributed by atoms with Gasteiger partial charge in [0.15, 0.2) is 5.84 Å². The molecule has 0 saturated carbocycles. The maximum Gasteiger partial charge on any atom is 0.230 e. The molecule has 1 aliphatic carbocycles. The monoisotopic (exact) mass is 351 g/mol. The first-order valence-electron chi connectivity index (χ1n) is 9.42. The summed E-state index contributed by atoms with van der Waals surface area (Å²) in [6.07, 6.45) is 7.24. The maximum absolute atomic E-state index is 9.70. The Bertz CT molecular complexity index is 847. The van der Waals surface area contributed by atoms with Gasteiger partial charge in [0, 0.05) is 18.8 Å². The highest BCUT2D eigenvalue weighted by atomic mass is 16.5. The van der Waals surface area contributed by atoms with Crippen molar-refractivity contribution in [1.82, 2.24) is 9.88 Å². The summed E-state index contributed by atoms with van der Waals surface area (Å²) in [5.41, 5.74) is 4.76. The van der Waals surface area contributed by atoms with Crippen LogP contribution in [0.1, 0.15) is 48.4 Å². The minimum absolute atomic E-state index is 0.345. The molecule has 1 atom stereocenters. The van der Waals surface area contributed by atoms with Crippen molar-refractivity contribution in [3.05, 3.63) is 52.7 Å². The molecule has 1 aliphatic heterocycles. The summed E-state index contributed by atoms with van der Waals surface area (Å²) in [6, 6.07) is 8.26. The number of likely N-dealkylation sites (tertiary alicyclic amines) is 1. The molecule has 26 heavy (non-hydrogen) atoms. The van der Waals surface area contributed by atoms with Gasteiger partial charge in [-0.2, -0.15) is 0 Å². The average Bonchev–Trinajstić information content (AvgIpc) is 3.30. The lowest BCUT2D eigenvalue weighted by Crippen LogP contribution is -2.34. The molecule has 1 fully saturated rings. The molecule has 136 valence electrons. The Kier molecular flexibility index (Phi) is 4.53. The van der Waals surface area contributed by atoms with Crippen LogP contribution in [0.5, 0.6) is 11.6 Å². The molecule has 2 aliphatic rings. The number of ether oxygens (including phenoxy) is 1. The SMILES string of the molecule is Cc1ccc(Oc2ncccc2/C(=N/O)N2CCCC2C)c2c1CCC2. The van der Waals surface area contributed by atoms with E-state index >= 15 is 0 Å². The van der Waals surface area contributed by atoms with Crippen LogP contribution in [-0.4, -0.2) is 33.5 Å². The zero-order valence-corrected chi connectivity index (χ0v) is 15.4. The fraction of sp³-hybridized carbons (Fsp3) is 0.429. The Morgan fingerprint density at radius 2 is 2.08 bits per heavy atom. The van der Waals surface area contributed by atoms with Crippen LogP contribution in [0, 0.1) is 6.92 Å². The smallest absolute Gasteiger partial charge is 0.230 e. The number of aromatic nitrogens is 1. The molecule has 2 heterocycles. The van der Waals surface area contributed by atoms with Crippen molar-refractivity contribution in [2.45, 2.75) is 52.0 Å². The van der Waals surface area contributed by atoms with Crippen molar-refractivity contribution in [2.24, 2.45) is 5.16 Å². The van der Waals surface area contributed by atoms with Crippen LogP contribution in [0.25, 0.3) is 0 Å². The summed E-state index contributed by atoms with van der Waals surface area (Å²) in [7, 11) is 0. The largest absolute Gasteiger partial charge is 0.438 e. The lowest BCUT2D eigenvalue weighted by atomic mass is 10.0. The molecule has 0 amide bonds. The molecule has 1 aromatic carbocycles. The van der Waals surface area contributed by atoms with Gasteiger partial charge < -0.3 is 14.8 Å². The van der Waals surface area contributed by atoms with Crippen molar-refractivity contribution in [3.8, 4) is 11.6 Å². The lowest BCUT2D eigenvalue weighted by molar-refractivity contribution is 0.298. The Morgan fingerprint density at radius 3 is 2.85 bits per heavy atom. The first kappa shape index (κ1) is 16.9. The summed E-state index contributed by atoms with van der Waals surface area (Å²) >= 11 is 0. The van der Waals surface area contributed by atoms with Crippen LogP contribution < -0.4 is 4.74 Å². The highest BCUT2D eigenvalue weighted by molar-refractivity contribution is 6.00. The highest BCUT2D eigenvalue weighted by Crippen LogP contribution is 2.36. The van der Waals surface area contributed by atoms with Gasteiger partial charge >= 0.3 is 0 Å². The number of benzene rings is 1. The van der Waals surface area contributed by atoms with Gasteiger partial charge in [-0.1, -0.05) is 11.2 Å². The van der Waals surface area contributed by atoms with Gasteiger partial charge in [-0.05, 0) is 80.8 Å². The molecule has 0 bridgehead atoms. The van der Waals surface area contributed by atoms with E-state index in [0.29, 0.717) is 17.8 Å². The van der Waals surface area contributed by atoms with Crippen LogP contribution in [0.3, 0.4) is 0 Å². The number of aryl methyl sites for hydroxylation is 1. The number of nitrogens with zero attached hydrogens (tertiary/aromatic N) is 3. The van der Waals surface area contributed by atoms with Crippen molar-refractivity contribution in [2.75, 3.05) is 6.54 Å². The normalized spacial score (nSPS) is 19.7. The Morgan fingerprint density at radius 1 is 1.23 bits per heavy atom. The molecule has 5 heteroatoms. The fourth-order valence-electron chi connectivity index (χ4n) is 4.21. The zero-order chi connectivity index (χ0) is 18.1. The number of pyridine rings is 1. The van der Waals surface area contributed by atoms with E-state index in [9.17, 15) is 5.21 Å². The van der Waals surface area contributed by atoms with E-state index in [0.717, 1.165) is 43.5 Å². The molecule has 0 radical (unpaired) electrons. The van der Waals surface area contributed by atoms with E-state index in [4.69, 9.17) is 4.74 Å². The number of amidine groups is 1. The Labute approximate surface area is 154 Å². The highest BCUT2D eigenvalue weighted by Gasteiger charge is 2.28. The molecule has 1 unspecified atom stereocenters. The summed E-state index contributed by atoms with van der Waals surface area (Å²) in [5.74, 6) is 1.91. The molecule has 1 aromatic heterocycles. The van der Waals surface area contributed by atoms with Crippen LogP contribution in [0.15, 0.2) is 35.6 Å². The quantitative estimate of drug-likeness (QED) is 0.388. The van der Waals surface area contributed by atoms with Crippen molar-refractivity contribution < 1.29 is 9.94 Å². The Balaban J connectivity index is 1.70. The third-order valence-electron chi connectivity index (χ3n) is 5.61.